The Morgan fingerprint density at radius 2 is 1.04 bits per heavy atom. The molecule has 6 heteroatoms. The summed E-state index contributed by atoms with van der Waals surface area (Å²) in [6, 6.07) is 26.2. The molecular weight excluding hydrogens is 771 g/mol. The van der Waals surface area contributed by atoms with E-state index in [0.29, 0.717) is 23.7 Å². The van der Waals surface area contributed by atoms with Gasteiger partial charge in [0, 0.05) is 47.2 Å². The van der Waals surface area contributed by atoms with Crippen LogP contribution in [-0.4, -0.2) is 19.1 Å². The molecule has 0 aliphatic rings. The monoisotopic (exact) mass is 817 g/mol. The van der Waals surface area contributed by atoms with E-state index in [1.165, 1.54) is 44.7 Å². The molecule has 4 heterocycles. The third-order valence-electron chi connectivity index (χ3n) is 9.16. The van der Waals surface area contributed by atoms with Crippen LogP contribution in [0.1, 0.15) is 101 Å². The number of nitrogens with zero attached hydrogens (tertiary/aromatic N) is 5. The molecule has 5 nitrogen and oxygen atoms in total. The number of hydrogen-bond donors (Lipinski definition) is 0. The number of aromatic nitrogens is 5. The van der Waals surface area contributed by atoms with Gasteiger partial charge in [0.25, 0.3) is 6.33 Å². The minimum atomic E-state index is 0. The van der Waals surface area contributed by atoms with Crippen LogP contribution < -0.4 is 4.57 Å². The van der Waals surface area contributed by atoms with Gasteiger partial charge >= 0.3 is 0 Å². The Morgan fingerprint density at radius 1 is 0.583 bits per heavy atom. The fourth-order valence-corrected chi connectivity index (χ4v) is 6.72. The van der Waals surface area contributed by atoms with E-state index in [4.69, 9.17) is 0 Å². The van der Waals surface area contributed by atoms with E-state index < -0.39 is 0 Å². The van der Waals surface area contributed by atoms with Crippen LogP contribution in [0.25, 0.3) is 44.2 Å². The van der Waals surface area contributed by atoms with E-state index in [1.807, 2.05) is 29.1 Å². The van der Waals surface area contributed by atoms with Gasteiger partial charge in [0.2, 0.25) is 0 Å². The van der Waals surface area contributed by atoms with E-state index >= 15 is 0 Å². The molecule has 3 aromatic carbocycles. The van der Waals surface area contributed by atoms with Gasteiger partial charge in [-0.1, -0.05) is 139 Å². The zero-order valence-electron chi connectivity index (χ0n) is 29.3. The molecule has 1 radical (unpaired) electrons. The fourth-order valence-electron chi connectivity index (χ4n) is 6.72. The molecule has 4 aromatic heterocycles. The maximum absolute atomic E-state index is 4.11. The van der Waals surface area contributed by atoms with Crippen molar-refractivity contribution in [3.05, 3.63) is 133 Å². The number of fused-ring (bicyclic) bond motifs is 4. The van der Waals surface area contributed by atoms with Crippen molar-refractivity contribution in [2.75, 3.05) is 0 Å². The van der Waals surface area contributed by atoms with Crippen molar-refractivity contribution in [1.29, 1.82) is 0 Å². The van der Waals surface area contributed by atoms with Crippen LogP contribution in [-0.2, 0) is 22.4 Å². The molecule has 0 amide bonds. The normalized spacial score (nSPS) is 11.6. The standard InChI is InChI=1S/C31H38N2.C11H8N3.Au/c1-20(2)24-13-11-14-25(21(3)4)30(24)32-19-33(29-18-10-9-17-28(29)32)31-26(22(5)6)15-12-16-27(31)23(7)8;1-14-10-2-4-12-6-8(10)9-7-13-5-3-11(9)14;/h9-18,20-23H,1-8H3;2-7H,1H2;/q;-1;. The first-order valence-electron chi connectivity index (χ1n) is 16.8. The topological polar surface area (TPSA) is 39.5 Å². The molecule has 0 fully saturated rings. The minimum Gasteiger partial charge on any atom is -0.480 e. The number of rotatable bonds is 6. The quantitative estimate of drug-likeness (QED) is 0.0953. The second-order valence-electron chi connectivity index (χ2n) is 13.7. The Hall–Kier alpha value is -4.16. The van der Waals surface area contributed by atoms with Crippen molar-refractivity contribution in [1.82, 2.24) is 19.1 Å². The summed E-state index contributed by atoms with van der Waals surface area (Å²) in [6.07, 6.45) is 11.1. The molecule has 0 aliphatic carbocycles. The molecule has 0 bridgehead atoms. The Kier molecular flexibility index (Phi) is 10.6. The maximum Gasteiger partial charge on any atom is 0.269 e. The Labute approximate surface area is 301 Å². The van der Waals surface area contributed by atoms with Gasteiger partial charge in [-0.05, 0) is 56.7 Å². The predicted octanol–water partition coefficient (Wildman–Crippen LogP) is 10.4. The zero-order chi connectivity index (χ0) is 33.4. The van der Waals surface area contributed by atoms with Crippen molar-refractivity contribution in [2.45, 2.75) is 79.1 Å². The number of para-hydroxylation sites is 4. The summed E-state index contributed by atoms with van der Waals surface area (Å²) in [4.78, 5) is 8.21. The molecule has 0 atom stereocenters. The second-order valence-corrected chi connectivity index (χ2v) is 13.7. The first-order valence-corrected chi connectivity index (χ1v) is 16.8. The average Bonchev–Trinajstić information content (AvgIpc) is 3.60. The zero-order valence-corrected chi connectivity index (χ0v) is 31.5. The van der Waals surface area contributed by atoms with Gasteiger partial charge in [-0.3, -0.25) is 19.1 Å². The summed E-state index contributed by atoms with van der Waals surface area (Å²) in [5.74, 6) is 1.71. The van der Waals surface area contributed by atoms with Crippen LogP contribution >= 0.6 is 0 Å². The second kappa shape index (κ2) is 14.5. The van der Waals surface area contributed by atoms with Crippen molar-refractivity contribution in [3.8, 4) is 11.4 Å². The van der Waals surface area contributed by atoms with Gasteiger partial charge in [0.1, 0.15) is 0 Å². The van der Waals surface area contributed by atoms with Crippen LogP contribution in [0.15, 0.2) is 97.6 Å². The Bertz CT molecular complexity index is 1980. The summed E-state index contributed by atoms with van der Waals surface area (Å²) in [5, 5.41) is 2.20. The molecule has 7 aromatic rings. The largest absolute Gasteiger partial charge is 0.480 e. The van der Waals surface area contributed by atoms with E-state index in [0.717, 1.165) is 21.8 Å². The first-order chi connectivity index (χ1) is 22.6. The first kappa shape index (κ1) is 35.2. The van der Waals surface area contributed by atoms with Gasteiger partial charge < -0.3 is 4.57 Å². The van der Waals surface area contributed by atoms with E-state index in [2.05, 4.69) is 149 Å². The molecule has 0 spiro atoms. The average molecular weight is 818 g/mol. The molecule has 0 saturated carbocycles. The van der Waals surface area contributed by atoms with Crippen LogP contribution in [0.5, 0.6) is 0 Å². The summed E-state index contributed by atoms with van der Waals surface area (Å²) < 4.78 is 6.55. The molecule has 7 rings (SSSR count). The summed E-state index contributed by atoms with van der Waals surface area (Å²) >= 11 is 0. The van der Waals surface area contributed by atoms with Crippen molar-refractivity contribution in [3.63, 3.8) is 0 Å². The molecule has 0 saturated heterocycles. The van der Waals surface area contributed by atoms with E-state index in [1.54, 1.807) is 12.4 Å². The van der Waals surface area contributed by atoms with Gasteiger partial charge in [-0.25, -0.2) is 0 Å². The van der Waals surface area contributed by atoms with Gasteiger partial charge in [0.05, 0.1) is 22.4 Å². The molecule has 0 aliphatic heterocycles. The molecule has 0 N–H and O–H groups in total. The third kappa shape index (κ3) is 6.35. The van der Waals surface area contributed by atoms with Crippen LogP contribution in [0.3, 0.4) is 0 Å². The van der Waals surface area contributed by atoms with Gasteiger partial charge in [-0.2, -0.15) is 0 Å². The van der Waals surface area contributed by atoms with Crippen LogP contribution in [0.2, 0.25) is 0 Å². The third-order valence-corrected chi connectivity index (χ3v) is 9.16. The van der Waals surface area contributed by atoms with Crippen molar-refractivity contribution < 1.29 is 26.9 Å². The SMILES string of the molecule is CC(C)c1cccc(C(C)C)c1-n1[c-][n+](-c2c(C(C)C)cccc2C(C)C)c2ccccc21.[Au].[CH2-]n1c2ccncc2c2cnccc21. The fraction of sp³-hybridized carbons (Fsp3) is 0.286. The van der Waals surface area contributed by atoms with E-state index in [-0.39, 0.29) is 22.4 Å². The predicted molar refractivity (Wildman–Crippen MR) is 196 cm³/mol. The number of hydrogen-bond acceptors (Lipinski definition) is 2. The Balaban J connectivity index is 0.000000249. The number of benzene rings is 3. The summed E-state index contributed by atoms with van der Waals surface area (Å²) in [5.41, 5.74) is 12.6. The van der Waals surface area contributed by atoms with E-state index in [9.17, 15) is 0 Å². The van der Waals surface area contributed by atoms with Crippen LogP contribution in [0.4, 0.5) is 0 Å². The summed E-state index contributed by atoms with van der Waals surface area (Å²) in [6.45, 7) is 18.3. The summed E-state index contributed by atoms with van der Waals surface area (Å²) in [7, 11) is 4.00. The molecular formula is C42H46AuN5-. The molecule has 0 unspecified atom stereocenters. The number of pyridine rings is 2. The smallest absolute Gasteiger partial charge is 0.269 e. The molecule has 251 valence electrons. The minimum absolute atomic E-state index is 0. The maximum atomic E-state index is 4.11. The number of imidazole rings is 1. The van der Waals surface area contributed by atoms with Crippen LogP contribution in [0, 0.1) is 13.4 Å². The molecule has 48 heavy (non-hydrogen) atoms. The van der Waals surface area contributed by atoms with Crippen molar-refractivity contribution in [2.24, 2.45) is 0 Å². The van der Waals surface area contributed by atoms with Gasteiger partial charge in [0.15, 0.2) is 0 Å². The van der Waals surface area contributed by atoms with Crippen molar-refractivity contribution >= 4 is 32.8 Å². The Morgan fingerprint density at radius 3 is 1.52 bits per heavy atom. The van der Waals surface area contributed by atoms with Gasteiger partial charge in [-0.15, -0.1) is 7.05 Å².